The number of benzene rings is 1. The van der Waals surface area contributed by atoms with Gasteiger partial charge in [0.1, 0.15) is 0 Å². The number of alkyl halides is 1. The molecule has 19 heavy (non-hydrogen) atoms. The summed E-state index contributed by atoms with van der Waals surface area (Å²) in [5, 5.41) is 0. The van der Waals surface area contributed by atoms with Crippen LogP contribution in [-0.2, 0) is 11.3 Å². The molecule has 0 aromatic heterocycles. The molecule has 0 saturated heterocycles. The molecule has 0 saturated carbocycles. The number of halogens is 1. The van der Waals surface area contributed by atoms with E-state index in [2.05, 4.69) is 46.9 Å². The van der Waals surface area contributed by atoms with Crippen LogP contribution in [0.4, 0.5) is 0 Å². The molecule has 0 aliphatic carbocycles. The third-order valence-electron chi connectivity index (χ3n) is 3.28. The monoisotopic (exact) mass is 374 g/mol. The molecule has 1 aromatic carbocycles. The van der Waals surface area contributed by atoms with Gasteiger partial charge in [-0.05, 0) is 22.8 Å². The van der Waals surface area contributed by atoms with Crippen molar-refractivity contribution in [3.8, 4) is 0 Å². The average Bonchev–Trinajstić information content (AvgIpc) is 2.46. The number of hydrogen-bond donors (Lipinski definition) is 0. The maximum absolute atomic E-state index is 5.68. The minimum atomic E-state index is 0.761. The smallest absolute Gasteiger partial charge is 0.0716 e. The predicted molar refractivity (Wildman–Crippen MR) is 91.9 cm³/mol. The molecule has 0 heterocycles. The fourth-order valence-electron chi connectivity index (χ4n) is 2.12. The Balaban J connectivity index is 1.79. The van der Waals surface area contributed by atoms with Crippen LogP contribution in [0.25, 0.3) is 0 Å². The van der Waals surface area contributed by atoms with Crippen LogP contribution in [0.2, 0.25) is 0 Å². The van der Waals surface area contributed by atoms with Crippen molar-refractivity contribution in [2.45, 2.75) is 58.0 Å². The zero-order valence-corrected chi connectivity index (χ0v) is 14.1. The summed E-state index contributed by atoms with van der Waals surface area (Å²) in [6.45, 7) is 1.67. The molecule has 0 spiro atoms. The van der Waals surface area contributed by atoms with Gasteiger partial charge in [0.2, 0.25) is 0 Å². The van der Waals surface area contributed by atoms with E-state index in [1.165, 1.54) is 61.4 Å². The molecule has 1 rings (SSSR count). The van der Waals surface area contributed by atoms with Crippen LogP contribution in [0.1, 0.15) is 56.9 Å². The molecule has 1 aromatic rings. The molecule has 0 N–H and O–H groups in total. The van der Waals surface area contributed by atoms with Gasteiger partial charge in [-0.3, -0.25) is 0 Å². The number of hydrogen-bond acceptors (Lipinski definition) is 1. The summed E-state index contributed by atoms with van der Waals surface area (Å²) in [4.78, 5) is 0. The summed E-state index contributed by atoms with van der Waals surface area (Å²) in [7, 11) is 0. The van der Waals surface area contributed by atoms with E-state index in [1.54, 1.807) is 0 Å². The van der Waals surface area contributed by atoms with Crippen LogP contribution in [0.3, 0.4) is 0 Å². The van der Waals surface area contributed by atoms with Crippen LogP contribution < -0.4 is 0 Å². The van der Waals surface area contributed by atoms with Crippen molar-refractivity contribution in [3.63, 3.8) is 0 Å². The highest BCUT2D eigenvalue weighted by molar-refractivity contribution is 14.1. The highest BCUT2D eigenvalue weighted by Gasteiger charge is 1.94. The van der Waals surface area contributed by atoms with Gasteiger partial charge in [-0.15, -0.1) is 0 Å². The Kier molecular flexibility index (Phi) is 11.5. The average molecular weight is 374 g/mol. The zero-order valence-electron chi connectivity index (χ0n) is 12.0. The van der Waals surface area contributed by atoms with Crippen molar-refractivity contribution in [2.75, 3.05) is 11.0 Å². The first kappa shape index (κ1) is 17.0. The number of rotatable bonds is 12. The summed E-state index contributed by atoms with van der Waals surface area (Å²) in [5.74, 6) is 0. The SMILES string of the molecule is ICCCCCCCCCCOCc1ccccc1. The van der Waals surface area contributed by atoms with Crippen LogP contribution in [0, 0.1) is 0 Å². The van der Waals surface area contributed by atoms with Crippen molar-refractivity contribution in [3.05, 3.63) is 35.9 Å². The van der Waals surface area contributed by atoms with Crippen LogP contribution in [-0.4, -0.2) is 11.0 Å². The molecule has 0 fully saturated rings. The Bertz CT molecular complexity index is 287. The normalized spacial score (nSPS) is 10.8. The van der Waals surface area contributed by atoms with E-state index in [9.17, 15) is 0 Å². The van der Waals surface area contributed by atoms with Gasteiger partial charge in [0, 0.05) is 6.61 Å². The lowest BCUT2D eigenvalue weighted by atomic mass is 10.1. The van der Waals surface area contributed by atoms with E-state index >= 15 is 0 Å². The molecule has 0 bridgehead atoms. The minimum Gasteiger partial charge on any atom is -0.377 e. The van der Waals surface area contributed by atoms with E-state index in [1.807, 2.05) is 6.07 Å². The van der Waals surface area contributed by atoms with Gasteiger partial charge in [0.25, 0.3) is 0 Å². The fourth-order valence-corrected chi connectivity index (χ4v) is 2.66. The molecule has 1 nitrogen and oxygen atoms in total. The highest BCUT2D eigenvalue weighted by atomic mass is 127. The van der Waals surface area contributed by atoms with E-state index < -0.39 is 0 Å². The third-order valence-corrected chi connectivity index (χ3v) is 4.05. The molecule has 0 atom stereocenters. The van der Waals surface area contributed by atoms with E-state index in [-0.39, 0.29) is 0 Å². The molecule has 0 amide bonds. The van der Waals surface area contributed by atoms with Crippen molar-refractivity contribution in [1.29, 1.82) is 0 Å². The second kappa shape index (κ2) is 12.9. The molecule has 0 radical (unpaired) electrons. The van der Waals surface area contributed by atoms with Gasteiger partial charge in [0.15, 0.2) is 0 Å². The first-order valence-corrected chi connectivity index (χ1v) is 9.13. The van der Waals surface area contributed by atoms with Crippen LogP contribution in [0.15, 0.2) is 30.3 Å². The lowest BCUT2D eigenvalue weighted by Gasteiger charge is -2.04. The first-order valence-electron chi connectivity index (χ1n) is 7.61. The predicted octanol–water partition coefficient (Wildman–Crippen LogP) is 5.76. The Morgan fingerprint density at radius 3 is 1.95 bits per heavy atom. The molecular formula is C17H27IO. The molecule has 2 heteroatoms. The molecule has 0 aliphatic heterocycles. The lowest BCUT2D eigenvalue weighted by molar-refractivity contribution is 0.116. The molecule has 108 valence electrons. The zero-order chi connectivity index (χ0) is 13.6. The fraction of sp³-hybridized carbons (Fsp3) is 0.647. The third kappa shape index (κ3) is 10.4. The van der Waals surface area contributed by atoms with Gasteiger partial charge in [0.05, 0.1) is 6.61 Å². The summed E-state index contributed by atoms with van der Waals surface area (Å²) in [6.07, 6.45) is 11.0. The van der Waals surface area contributed by atoms with Crippen molar-refractivity contribution >= 4 is 22.6 Å². The van der Waals surface area contributed by atoms with Crippen molar-refractivity contribution in [1.82, 2.24) is 0 Å². The number of ether oxygens (including phenoxy) is 1. The standard InChI is InChI=1S/C17H27IO/c18-14-10-5-3-1-2-4-6-11-15-19-16-17-12-8-7-9-13-17/h7-9,12-13H,1-6,10-11,14-16H2. The van der Waals surface area contributed by atoms with Crippen LogP contribution in [0.5, 0.6) is 0 Å². The quantitative estimate of drug-likeness (QED) is 0.257. The minimum absolute atomic E-state index is 0.761. The Morgan fingerprint density at radius 2 is 1.32 bits per heavy atom. The topological polar surface area (TPSA) is 9.23 Å². The Hall–Kier alpha value is -0.0900. The summed E-state index contributed by atoms with van der Waals surface area (Å²) < 4.78 is 6.99. The summed E-state index contributed by atoms with van der Waals surface area (Å²) in [5.41, 5.74) is 1.28. The van der Waals surface area contributed by atoms with E-state index in [4.69, 9.17) is 4.74 Å². The largest absolute Gasteiger partial charge is 0.377 e. The second-order valence-electron chi connectivity index (χ2n) is 5.06. The van der Waals surface area contributed by atoms with E-state index in [0.29, 0.717) is 0 Å². The van der Waals surface area contributed by atoms with Gasteiger partial charge >= 0.3 is 0 Å². The van der Waals surface area contributed by atoms with Gasteiger partial charge in [-0.2, -0.15) is 0 Å². The highest BCUT2D eigenvalue weighted by Crippen LogP contribution is 2.09. The summed E-state index contributed by atoms with van der Waals surface area (Å²) >= 11 is 2.46. The lowest BCUT2D eigenvalue weighted by Crippen LogP contribution is -1.95. The Morgan fingerprint density at radius 1 is 0.737 bits per heavy atom. The Labute approximate surface area is 132 Å². The first-order chi connectivity index (χ1) is 9.43. The van der Waals surface area contributed by atoms with Gasteiger partial charge < -0.3 is 4.74 Å². The maximum atomic E-state index is 5.68. The van der Waals surface area contributed by atoms with Gasteiger partial charge in [-0.25, -0.2) is 0 Å². The van der Waals surface area contributed by atoms with Crippen molar-refractivity contribution in [2.24, 2.45) is 0 Å². The van der Waals surface area contributed by atoms with Crippen LogP contribution >= 0.6 is 22.6 Å². The number of unbranched alkanes of at least 4 members (excludes halogenated alkanes) is 7. The van der Waals surface area contributed by atoms with Gasteiger partial charge in [-0.1, -0.05) is 91.4 Å². The maximum Gasteiger partial charge on any atom is 0.0716 e. The molecule has 0 aliphatic rings. The molecule has 0 unspecified atom stereocenters. The summed E-state index contributed by atoms with van der Waals surface area (Å²) in [6, 6.07) is 10.4. The molecular weight excluding hydrogens is 347 g/mol. The second-order valence-corrected chi connectivity index (χ2v) is 6.13. The van der Waals surface area contributed by atoms with Crippen molar-refractivity contribution < 1.29 is 4.74 Å². The van der Waals surface area contributed by atoms with E-state index in [0.717, 1.165) is 13.2 Å².